The van der Waals surface area contributed by atoms with Crippen LogP contribution < -0.4 is 20.1 Å². The summed E-state index contributed by atoms with van der Waals surface area (Å²) in [7, 11) is -2.27. The van der Waals surface area contributed by atoms with Crippen LogP contribution in [0.1, 0.15) is 51.6 Å². The third-order valence-corrected chi connectivity index (χ3v) is 9.23. The van der Waals surface area contributed by atoms with E-state index in [4.69, 9.17) is 14.2 Å². The Morgan fingerprint density at radius 3 is 2.63 bits per heavy atom. The number of nitrogens with one attached hydrogen (secondary N) is 3. The van der Waals surface area contributed by atoms with E-state index in [-0.39, 0.29) is 48.6 Å². The molecule has 16 heteroatoms. The maximum atomic E-state index is 13.3. The zero-order valence-electron chi connectivity index (χ0n) is 25.2. The molecule has 0 aromatic heterocycles. The minimum Gasteiger partial charge on any atom is -0.507 e. The van der Waals surface area contributed by atoms with E-state index >= 15 is 0 Å². The number of rotatable bonds is 12. The lowest BCUT2D eigenvalue weighted by molar-refractivity contribution is -0.123. The number of phenolic OH excluding ortho intramolecular Hbond substituents is 1. The smallest absolute Gasteiger partial charge is 0.345 e. The summed E-state index contributed by atoms with van der Waals surface area (Å²) >= 11 is 0. The van der Waals surface area contributed by atoms with Crippen molar-refractivity contribution < 1.29 is 47.6 Å². The van der Waals surface area contributed by atoms with Crippen molar-refractivity contribution in [2.45, 2.75) is 37.0 Å². The van der Waals surface area contributed by atoms with Crippen LogP contribution >= 0.6 is 10.8 Å². The van der Waals surface area contributed by atoms with Gasteiger partial charge in [-0.05, 0) is 42.2 Å². The first-order chi connectivity index (χ1) is 22.0. The van der Waals surface area contributed by atoms with E-state index in [1.54, 1.807) is 11.0 Å². The summed E-state index contributed by atoms with van der Waals surface area (Å²) in [5, 5.41) is 24.4. The Balaban J connectivity index is 1.38. The molecule has 2 aromatic carbocycles. The van der Waals surface area contributed by atoms with Crippen LogP contribution in [0.3, 0.4) is 0 Å². The first-order valence-corrected chi connectivity index (χ1v) is 16.2. The molecule has 0 bridgehead atoms. The second-order valence-corrected chi connectivity index (χ2v) is 12.6. The van der Waals surface area contributed by atoms with Gasteiger partial charge in [0.15, 0.2) is 0 Å². The van der Waals surface area contributed by atoms with E-state index in [0.717, 1.165) is 0 Å². The van der Waals surface area contributed by atoms with Gasteiger partial charge in [0, 0.05) is 26.1 Å². The molecule has 248 valence electrons. The number of esters is 1. The van der Waals surface area contributed by atoms with Crippen LogP contribution in [-0.2, 0) is 25.5 Å². The second kappa shape index (κ2) is 15.6. The Morgan fingerprint density at radius 2 is 1.96 bits per heavy atom. The highest BCUT2D eigenvalue weighted by Crippen LogP contribution is 2.56. The van der Waals surface area contributed by atoms with Gasteiger partial charge in [-0.25, -0.2) is 9.59 Å². The fourth-order valence-corrected chi connectivity index (χ4v) is 6.61. The summed E-state index contributed by atoms with van der Waals surface area (Å²) in [6.07, 6.45) is 0.844. The number of urea groups is 1. The summed E-state index contributed by atoms with van der Waals surface area (Å²) in [5.74, 6) is -1.81. The molecule has 15 nitrogen and oxygen atoms in total. The number of hydrogen-bond acceptors (Lipinski definition) is 11. The fraction of sp³-hybridized carbons (Fsp3) is 0.433. The molecule has 6 N–H and O–H groups in total. The molecular formula is C30H37N5O10S. The summed E-state index contributed by atoms with van der Waals surface area (Å²) in [4.78, 5) is 51.7. The molecular weight excluding hydrogens is 622 g/mol. The molecule has 2 fully saturated rings. The second-order valence-electron chi connectivity index (χ2n) is 10.6. The van der Waals surface area contributed by atoms with Gasteiger partial charge < -0.3 is 34.9 Å². The standard InChI is InChI=1S/C30H37N5O10S/c1-43-29(39)27-23(36)5-4-6-24(27)45-12-3-2-9-32-28(38)22(33-30(40)35-10-13-44-14-11-35)16-19-7-8-21(20(15-19)18-31)25-17-26(37)34-46(25,41)42/h4-8,15,22,25,36,41-42H,2-3,9-14,16-17H2,1H3,(H,32,38)(H,33,40)(H,34,37)/t22-,25?/m0/s1. The number of phenols is 1. The summed E-state index contributed by atoms with van der Waals surface area (Å²) in [6, 6.07) is 9.68. The quantitative estimate of drug-likeness (QED) is 0.143. The van der Waals surface area contributed by atoms with Crippen LogP contribution in [0.5, 0.6) is 11.5 Å². The fourth-order valence-electron chi connectivity index (χ4n) is 5.10. The SMILES string of the molecule is COC(=O)c1c(O)cccc1OCCCCNC(=O)[C@H](Cc1ccc(C2CC(=O)NS2(O)O)c(C#N)c1)NC(=O)N1CCOCC1. The van der Waals surface area contributed by atoms with Gasteiger partial charge in [0.1, 0.15) is 28.4 Å². The number of hydrogen-bond donors (Lipinski definition) is 6. The molecule has 2 heterocycles. The van der Waals surface area contributed by atoms with Gasteiger partial charge in [-0.1, -0.05) is 18.2 Å². The Labute approximate surface area is 267 Å². The first-order valence-electron chi connectivity index (χ1n) is 14.6. The maximum absolute atomic E-state index is 13.3. The van der Waals surface area contributed by atoms with Crippen LogP contribution in [0, 0.1) is 11.3 Å². The van der Waals surface area contributed by atoms with Crippen LogP contribution in [0.25, 0.3) is 0 Å². The van der Waals surface area contributed by atoms with Crippen LogP contribution in [-0.4, -0.2) is 95.5 Å². The number of unbranched alkanes of at least 4 members (excludes halogenated alkanes) is 1. The molecule has 2 atom stereocenters. The minimum atomic E-state index is -3.47. The van der Waals surface area contributed by atoms with E-state index in [0.29, 0.717) is 50.3 Å². The molecule has 2 saturated heterocycles. The average molecular weight is 660 g/mol. The number of amides is 4. The third kappa shape index (κ3) is 8.57. The van der Waals surface area contributed by atoms with Crippen molar-refractivity contribution in [3.8, 4) is 17.6 Å². The molecule has 4 rings (SSSR count). The van der Waals surface area contributed by atoms with E-state index in [1.165, 1.54) is 37.4 Å². The molecule has 2 aromatic rings. The van der Waals surface area contributed by atoms with E-state index in [9.17, 15) is 38.7 Å². The number of carbonyl (C=O) groups excluding carboxylic acids is 4. The van der Waals surface area contributed by atoms with Gasteiger partial charge in [-0.3, -0.25) is 23.4 Å². The Morgan fingerprint density at radius 1 is 1.20 bits per heavy atom. The Bertz CT molecular complexity index is 1490. The maximum Gasteiger partial charge on any atom is 0.345 e. The van der Waals surface area contributed by atoms with Crippen molar-refractivity contribution in [3.05, 3.63) is 58.7 Å². The molecule has 2 aliphatic heterocycles. The number of carbonyl (C=O) groups is 4. The van der Waals surface area contributed by atoms with Crippen molar-refractivity contribution in [3.63, 3.8) is 0 Å². The monoisotopic (exact) mass is 659 g/mol. The lowest BCUT2D eigenvalue weighted by Crippen LogP contribution is -2.54. The van der Waals surface area contributed by atoms with Crippen LogP contribution in [0.4, 0.5) is 4.79 Å². The van der Waals surface area contributed by atoms with Crippen molar-refractivity contribution in [2.75, 3.05) is 46.6 Å². The van der Waals surface area contributed by atoms with E-state index in [2.05, 4.69) is 15.4 Å². The van der Waals surface area contributed by atoms with Crippen molar-refractivity contribution in [2.24, 2.45) is 0 Å². The van der Waals surface area contributed by atoms with E-state index < -0.39 is 45.9 Å². The van der Waals surface area contributed by atoms with Gasteiger partial charge >= 0.3 is 12.0 Å². The lowest BCUT2D eigenvalue weighted by Gasteiger charge is -2.33. The molecule has 0 spiro atoms. The van der Waals surface area contributed by atoms with Crippen molar-refractivity contribution >= 4 is 34.6 Å². The number of methoxy groups -OCH3 is 1. The molecule has 0 aliphatic carbocycles. The number of nitriles is 1. The molecule has 4 amide bonds. The molecule has 0 radical (unpaired) electrons. The lowest BCUT2D eigenvalue weighted by atomic mass is 9.97. The highest BCUT2D eigenvalue weighted by atomic mass is 32.3. The van der Waals surface area contributed by atoms with Crippen LogP contribution in [0.2, 0.25) is 0 Å². The van der Waals surface area contributed by atoms with Crippen molar-refractivity contribution in [1.82, 2.24) is 20.3 Å². The van der Waals surface area contributed by atoms with Gasteiger partial charge in [0.05, 0.1) is 45.0 Å². The normalized spacial score (nSPS) is 18.4. The number of aromatic hydroxyl groups is 1. The molecule has 46 heavy (non-hydrogen) atoms. The third-order valence-electron chi connectivity index (χ3n) is 7.49. The minimum absolute atomic E-state index is 0.0336. The highest BCUT2D eigenvalue weighted by Gasteiger charge is 2.39. The van der Waals surface area contributed by atoms with E-state index in [1.807, 2.05) is 6.07 Å². The first kappa shape index (κ1) is 34.3. The van der Waals surface area contributed by atoms with Gasteiger partial charge in [0.2, 0.25) is 11.8 Å². The Hall–Kier alpha value is -4.56. The predicted octanol–water partition coefficient (Wildman–Crippen LogP) is 2.21. The Kier molecular flexibility index (Phi) is 11.7. The van der Waals surface area contributed by atoms with Crippen LogP contribution in [0.15, 0.2) is 36.4 Å². The molecule has 1 unspecified atom stereocenters. The van der Waals surface area contributed by atoms with Crippen molar-refractivity contribution in [1.29, 1.82) is 5.26 Å². The number of morpholine rings is 1. The average Bonchev–Trinajstić information content (AvgIpc) is 3.33. The molecule has 0 saturated carbocycles. The largest absolute Gasteiger partial charge is 0.507 e. The zero-order chi connectivity index (χ0) is 33.3. The van der Waals surface area contributed by atoms with Gasteiger partial charge in [-0.2, -0.15) is 5.26 Å². The number of nitrogens with zero attached hydrogens (tertiary/aromatic N) is 2. The highest BCUT2D eigenvalue weighted by molar-refractivity contribution is 8.23. The summed E-state index contributed by atoms with van der Waals surface area (Å²) in [5.41, 5.74) is 0.887. The van der Waals surface area contributed by atoms with Gasteiger partial charge in [-0.15, -0.1) is 10.8 Å². The topological polar surface area (TPSA) is 220 Å². The number of ether oxygens (including phenoxy) is 3. The number of benzene rings is 2. The predicted molar refractivity (Wildman–Crippen MR) is 165 cm³/mol. The summed E-state index contributed by atoms with van der Waals surface area (Å²) in [6.45, 7) is 1.92. The summed E-state index contributed by atoms with van der Waals surface area (Å²) < 4.78 is 38.4. The zero-order valence-corrected chi connectivity index (χ0v) is 26.0. The van der Waals surface area contributed by atoms with Gasteiger partial charge in [0.25, 0.3) is 0 Å². The molecule has 2 aliphatic rings.